The van der Waals surface area contributed by atoms with Gasteiger partial charge in [0.15, 0.2) is 0 Å². The molecule has 0 amide bonds. The predicted octanol–water partition coefficient (Wildman–Crippen LogP) is 1.95. The first-order chi connectivity index (χ1) is 8.83. The van der Waals surface area contributed by atoms with E-state index in [1.54, 1.807) is 0 Å². The lowest BCUT2D eigenvalue weighted by Gasteiger charge is -2.13. The minimum Gasteiger partial charge on any atom is -0.391 e. The summed E-state index contributed by atoms with van der Waals surface area (Å²) in [5, 5.41) is 18.2. The minimum atomic E-state index is -0.267. The summed E-state index contributed by atoms with van der Waals surface area (Å²) in [6, 6.07) is 10.4. The lowest BCUT2D eigenvalue weighted by Crippen LogP contribution is -2.18. The van der Waals surface area contributed by atoms with Crippen LogP contribution in [0.5, 0.6) is 0 Å². The average Bonchev–Trinajstić information content (AvgIpc) is 2.99. The van der Waals surface area contributed by atoms with Gasteiger partial charge >= 0.3 is 0 Å². The van der Waals surface area contributed by atoms with Crippen LogP contribution in [0.3, 0.4) is 0 Å². The first-order valence-electron chi connectivity index (χ1n) is 6.45. The van der Waals surface area contributed by atoms with Crippen LogP contribution in [-0.4, -0.2) is 26.2 Å². The van der Waals surface area contributed by atoms with Crippen molar-refractivity contribution < 1.29 is 5.11 Å². The van der Waals surface area contributed by atoms with Gasteiger partial charge in [0.25, 0.3) is 0 Å². The Morgan fingerprint density at radius 3 is 2.78 bits per heavy atom. The zero-order valence-electron chi connectivity index (χ0n) is 10.2. The molecule has 1 aromatic heterocycles. The van der Waals surface area contributed by atoms with E-state index in [1.807, 2.05) is 29.1 Å². The Morgan fingerprint density at radius 2 is 2.06 bits per heavy atom. The number of aliphatic hydroxyl groups is 1. The van der Waals surface area contributed by atoms with E-state index in [2.05, 4.69) is 22.4 Å². The van der Waals surface area contributed by atoms with Crippen molar-refractivity contribution in [3.05, 3.63) is 47.8 Å². The minimum absolute atomic E-state index is 0.113. The first-order valence-corrected chi connectivity index (χ1v) is 6.45. The lowest BCUT2D eigenvalue weighted by atomic mass is 10.1. The Hall–Kier alpha value is -1.68. The van der Waals surface area contributed by atoms with Crippen LogP contribution in [-0.2, 0) is 6.42 Å². The smallest absolute Gasteiger partial charge is 0.0871 e. The maximum atomic E-state index is 9.85. The Morgan fingerprint density at radius 1 is 1.22 bits per heavy atom. The second kappa shape index (κ2) is 4.90. The molecule has 0 radical (unpaired) electrons. The molecule has 2 aromatic rings. The molecular formula is C14H17N3O. The molecule has 1 heterocycles. The van der Waals surface area contributed by atoms with Crippen molar-refractivity contribution in [2.24, 2.45) is 0 Å². The average molecular weight is 243 g/mol. The second-order valence-corrected chi connectivity index (χ2v) is 4.92. The topological polar surface area (TPSA) is 50.9 Å². The van der Waals surface area contributed by atoms with Crippen LogP contribution in [0.1, 0.15) is 36.6 Å². The molecule has 1 aliphatic rings. The third-order valence-corrected chi connectivity index (χ3v) is 3.57. The largest absolute Gasteiger partial charge is 0.391 e. The van der Waals surface area contributed by atoms with Gasteiger partial charge in [-0.05, 0) is 24.8 Å². The summed E-state index contributed by atoms with van der Waals surface area (Å²) in [5.41, 5.74) is 2.19. The third-order valence-electron chi connectivity index (χ3n) is 3.57. The van der Waals surface area contributed by atoms with Crippen molar-refractivity contribution in [2.75, 3.05) is 0 Å². The SMILES string of the molecule is O[C@H]1CCC[C@H]1n1cc(Cc2ccccc2)nn1. The number of aromatic nitrogens is 3. The van der Waals surface area contributed by atoms with E-state index in [9.17, 15) is 5.11 Å². The Bertz CT molecular complexity index is 509. The molecule has 0 aliphatic heterocycles. The van der Waals surface area contributed by atoms with Crippen molar-refractivity contribution in [2.45, 2.75) is 37.8 Å². The second-order valence-electron chi connectivity index (χ2n) is 4.92. The highest BCUT2D eigenvalue weighted by Gasteiger charge is 2.27. The maximum Gasteiger partial charge on any atom is 0.0871 e. The van der Waals surface area contributed by atoms with Crippen LogP contribution in [0.15, 0.2) is 36.5 Å². The molecule has 94 valence electrons. The molecule has 0 spiro atoms. The zero-order valence-corrected chi connectivity index (χ0v) is 10.2. The van der Waals surface area contributed by atoms with Gasteiger partial charge in [-0.2, -0.15) is 0 Å². The number of hydrogen-bond donors (Lipinski definition) is 1. The van der Waals surface area contributed by atoms with Crippen LogP contribution < -0.4 is 0 Å². The fraction of sp³-hybridized carbons (Fsp3) is 0.429. The standard InChI is InChI=1S/C14H17N3O/c18-14-8-4-7-13(14)17-10-12(15-16-17)9-11-5-2-1-3-6-11/h1-3,5-6,10,13-14,18H,4,7-9H2/t13-,14+/m1/s1. The Kier molecular flexibility index (Phi) is 3.11. The van der Waals surface area contributed by atoms with Gasteiger partial charge in [-0.3, -0.25) is 0 Å². The number of hydrogen-bond acceptors (Lipinski definition) is 3. The third kappa shape index (κ3) is 2.29. The fourth-order valence-electron chi connectivity index (χ4n) is 2.59. The van der Waals surface area contributed by atoms with Gasteiger partial charge in [-0.1, -0.05) is 35.5 Å². The number of benzene rings is 1. The molecule has 1 fully saturated rings. The monoisotopic (exact) mass is 243 g/mol. The molecule has 1 aromatic carbocycles. The number of aliphatic hydroxyl groups excluding tert-OH is 1. The van der Waals surface area contributed by atoms with Gasteiger partial charge in [0.2, 0.25) is 0 Å². The van der Waals surface area contributed by atoms with Crippen LogP contribution in [0, 0.1) is 0 Å². The van der Waals surface area contributed by atoms with Gasteiger partial charge in [-0.15, -0.1) is 5.10 Å². The maximum absolute atomic E-state index is 9.85. The Labute approximate surface area is 106 Å². The van der Waals surface area contributed by atoms with E-state index in [-0.39, 0.29) is 12.1 Å². The summed E-state index contributed by atoms with van der Waals surface area (Å²) in [6.45, 7) is 0. The van der Waals surface area contributed by atoms with Crippen LogP contribution in [0.2, 0.25) is 0 Å². The van der Waals surface area contributed by atoms with E-state index < -0.39 is 0 Å². The first kappa shape index (κ1) is 11.4. The molecule has 1 N–H and O–H groups in total. The molecule has 3 rings (SSSR count). The lowest BCUT2D eigenvalue weighted by molar-refractivity contribution is 0.129. The van der Waals surface area contributed by atoms with Gasteiger partial charge in [0.1, 0.15) is 0 Å². The van der Waals surface area contributed by atoms with Crippen molar-refractivity contribution in [3.8, 4) is 0 Å². The van der Waals surface area contributed by atoms with Crippen molar-refractivity contribution >= 4 is 0 Å². The molecule has 4 heteroatoms. The highest BCUT2D eigenvalue weighted by atomic mass is 16.3. The summed E-state index contributed by atoms with van der Waals surface area (Å²) in [7, 11) is 0. The zero-order chi connectivity index (χ0) is 12.4. The molecule has 0 saturated heterocycles. The van der Waals surface area contributed by atoms with Crippen LogP contribution in [0.25, 0.3) is 0 Å². The fourth-order valence-corrected chi connectivity index (χ4v) is 2.59. The predicted molar refractivity (Wildman–Crippen MR) is 68.2 cm³/mol. The summed E-state index contributed by atoms with van der Waals surface area (Å²) in [6.07, 6.45) is 5.43. The highest BCUT2D eigenvalue weighted by Crippen LogP contribution is 2.29. The molecule has 18 heavy (non-hydrogen) atoms. The number of nitrogens with zero attached hydrogens (tertiary/aromatic N) is 3. The molecule has 0 bridgehead atoms. The van der Waals surface area contributed by atoms with Gasteiger partial charge in [-0.25, -0.2) is 4.68 Å². The molecule has 1 saturated carbocycles. The summed E-state index contributed by atoms with van der Waals surface area (Å²) in [5.74, 6) is 0. The molecular weight excluding hydrogens is 226 g/mol. The molecule has 1 aliphatic carbocycles. The summed E-state index contributed by atoms with van der Waals surface area (Å²) in [4.78, 5) is 0. The van der Waals surface area contributed by atoms with E-state index >= 15 is 0 Å². The van der Waals surface area contributed by atoms with E-state index in [0.29, 0.717) is 0 Å². The normalized spacial score (nSPS) is 23.4. The van der Waals surface area contributed by atoms with Crippen LogP contribution in [0.4, 0.5) is 0 Å². The van der Waals surface area contributed by atoms with Crippen molar-refractivity contribution in [1.29, 1.82) is 0 Å². The van der Waals surface area contributed by atoms with Crippen molar-refractivity contribution in [1.82, 2.24) is 15.0 Å². The molecule has 4 nitrogen and oxygen atoms in total. The van der Waals surface area contributed by atoms with E-state index in [1.165, 1.54) is 5.56 Å². The molecule has 2 atom stereocenters. The van der Waals surface area contributed by atoms with E-state index in [0.717, 1.165) is 31.4 Å². The van der Waals surface area contributed by atoms with E-state index in [4.69, 9.17) is 0 Å². The summed E-state index contributed by atoms with van der Waals surface area (Å²) < 4.78 is 1.83. The molecule has 0 unspecified atom stereocenters. The van der Waals surface area contributed by atoms with Crippen LogP contribution >= 0.6 is 0 Å². The Balaban J connectivity index is 1.74. The number of rotatable bonds is 3. The summed E-state index contributed by atoms with van der Waals surface area (Å²) >= 11 is 0. The van der Waals surface area contributed by atoms with Gasteiger partial charge in [0.05, 0.1) is 17.8 Å². The quantitative estimate of drug-likeness (QED) is 0.896. The van der Waals surface area contributed by atoms with Gasteiger partial charge < -0.3 is 5.11 Å². The van der Waals surface area contributed by atoms with Crippen molar-refractivity contribution in [3.63, 3.8) is 0 Å². The van der Waals surface area contributed by atoms with Gasteiger partial charge in [0, 0.05) is 12.6 Å². The highest BCUT2D eigenvalue weighted by molar-refractivity contribution is 5.19.